The monoisotopic (exact) mass is 341 g/mol. The summed E-state index contributed by atoms with van der Waals surface area (Å²) in [5, 5.41) is 4.42. The van der Waals surface area contributed by atoms with Crippen LogP contribution in [0.15, 0.2) is 40.9 Å². The predicted octanol–water partition coefficient (Wildman–Crippen LogP) is 3.22. The Morgan fingerprint density at radius 2 is 1.96 bits per heavy atom. The Balaban J connectivity index is 2.14. The van der Waals surface area contributed by atoms with Gasteiger partial charge in [0.1, 0.15) is 0 Å². The molecule has 2 rings (SSSR count). The molecule has 0 fully saturated rings. The first-order chi connectivity index (χ1) is 11.2. The van der Waals surface area contributed by atoms with Gasteiger partial charge < -0.3 is 4.52 Å². The number of halogens is 3. The number of carbonyl (C=O) groups is 1. The molecule has 1 heterocycles. The third-order valence-corrected chi connectivity index (χ3v) is 3.02. The predicted molar refractivity (Wildman–Crippen MR) is 77.1 cm³/mol. The molecule has 0 unspecified atom stereocenters. The number of aromatic nitrogens is 2. The molecule has 1 aromatic heterocycles. The van der Waals surface area contributed by atoms with Crippen LogP contribution in [0.25, 0.3) is 11.4 Å². The standard InChI is InChI=1S/C15H14F3N3O3/c1-9(2)13(22)21(23-3)8-10-4-6-11(7-5-10)12-19-14(24-20-12)15(16,17)18/h4-7H,1,8H2,2-3H3. The Kier molecular flexibility index (Phi) is 5.03. The summed E-state index contributed by atoms with van der Waals surface area (Å²) < 4.78 is 41.5. The van der Waals surface area contributed by atoms with Crippen LogP contribution < -0.4 is 0 Å². The van der Waals surface area contributed by atoms with Gasteiger partial charge in [0, 0.05) is 11.1 Å². The minimum atomic E-state index is -4.69. The Morgan fingerprint density at radius 1 is 1.33 bits per heavy atom. The Morgan fingerprint density at radius 3 is 2.42 bits per heavy atom. The molecule has 0 N–H and O–H groups in total. The highest BCUT2D eigenvalue weighted by molar-refractivity contribution is 5.91. The molecular weight excluding hydrogens is 327 g/mol. The first-order valence-electron chi connectivity index (χ1n) is 6.74. The van der Waals surface area contributed by atoms with E-state index in [0.29, 0.717) is 16.7 Å². The van der Waals surface area contributed by atoms with Gasteiger partial charge in [-0.3, -0.25) is 9.63 Å². The molecule has 0 spiro atoms. The van der Waals surface area contributed by atoms with E-state index in [1.807, 2.05) is 0 Å². The van der Waals surface area contributed by atoms with Crippen molar-refractivity contribution < 1.29 is 27.3 Å². The third kappa shape index (κ3) is 3.99. The van der Waals surface area contributed by atoms with Gasteiger partial charge in [0.2, 0.25) is 5.82 Å². The lowest BCUT2D eigenvalue weighted by atomic mass is 10.1. The van der Waals surface area contributed by atoms with Crippen molar-refractivity contribution in [3.05, 3.63) is 47.9 Å². The highest BCUT2D eigenvalue weighted by Gasteiger charge is 2.38. The van der Waals surface area contributed by atoms with E-state index >= 15 is 0 Å². The number of hydrogen-bond donors (Lipinski definition) is 0. The van der Waals surface area contributed by atoms with E-state index in [-0.39, 0.29) is 18.3 Å². The van der Waals surface area contributed by atoms with E-state index in [2.05, 4.69) is 21.2 Å². The van der Waals surface area contributed by atoms with Crippen LogP contribution in [0.3, 0.4) is 0 Å². The third-order valence-electron chi connectivity index (χ3n) is 3.02. The fourth-order valence-electron chi connectivity index (χ4n) is 1.81. The Hall–Kier alpha value is -2.68. The zero-order valence-corrected chi connectivity index (χ0v) is 12.9. The van der Waals surface area contributed by atoms with Crippen molar-refractivity contribution in [3.8, 4) is 11.4 Å². The molecule has 9 heteroatoms. The van der Waals surface area contributed by atoms with Crippen LogP contribution in [-0.2, 0) is 22.4 Å². The molecular formula is C15H14F3N3O3. The average Bonchev–Trinajstić information content (AvgIpc) is 3.02. The maximum Gasteiger partial charge on any atom is 0.471 e. The Bertz CT molecular complexity index is 738. The lowest BCUT2D eigenvalue weighted by Crippen LogP contribution is -2.29. The van der Waals surface area contributed by atoms with E-state index in [4.69, 9.17) is 4.84 Å². The van der Waals surface area contributed by atoms with Crippen molar-refractivity contribution in [3.63, 3.8) is 0 Å². The number of nitrogens with zero attached hydrogens (tertiary/aromatic N) is 3. The highest BCUT2D eigenvalue weighted by atomic mass is 19.4. The van der Waals surface area contributed by atoms with Crippen molar-refractivity contribution in [1.29, 1.82) is 0 Å². The van der Waals surface area contributed by atoms with Gasteiger partial charge in [0.15, 0.2) is 0 Å². The molecule has 128 valence electrons. The average molecular weight is 341 g/mol. The minimum Gasteiger partial charge on any atom is -0.329 e. The summed E-state index contributed by atoms with van der Waals surface area (Å²) in [5.41, 5.74) is 1.38. The molecule has 6 nitrogen and oxygen atoms in total. The number of benzene rings is 1. The molecule has 0 atom stereocenters. The zero-order chi connectivity index (χ0) is 17.9. The molecule has 1 aromatic carbocycles. The minimum absolute atomic E-state index is 0.155. The molecule has 0 bridgehead atoms. The topological polar surface area (TPSA) is 68.5 Å². The second-order valence-electron chi connectivity index (χ2n) is 4.92. The second-order valence-corrected chi connectivity index (χ2v) is 4.92. The summed E-state index contributed by atoms with van der Waals surface area (Å²) in [5.74, 6) is -1.94. The van der Waals surface area contributed by atoms with Crippen LogP contribution in [0.1, 0.15) is 18.4 Å². The van der Waals surface area contributed by atoms with Crippen LogP contribution in [-0.4, -0.2) is 28.2 Å². The molecule has 0 aliphatic rings. The largest absolute Gasteiger partial charge is 0.471 e. The Labute approximate surface area is 135 Å². The van der Waals surface area contributed by atoms with E-state index in [0.717, 1.165) is 5.06 Å². The fraction of sp³-hybridized carbons (Fsp3) is 0.267. The van der Waals surface area contributed by atoms with Gasteiger partial charge in [-0.15, -0.1) is 0 Å². The van der Waals surface area contributed by atoms with Crippen molar-refractivity contribution >= 4 is 5.91 Å². The number of alkyl halides is 3. The van der Waals surface area contributed by atoms with Gasteiger partial charge in [0.05, 0.1) is 13.7 Å². The van der Waals surface area contributed by atoms with Crippen LogP contribution in [0.5, 0.6) is 0 Å². The summed E-state index contributed by atoms with van der Waals surface area (Å²) in [6, 6.07) is 6.30. The van der Waals surface area contributed by atoms with Crippen LogP contribution in [0.2, 0.25) is 0 Å². The first kappa shape index (κ1) is 17.7. The lowest BCUT2D eigenvalue weighted by Gasteiger charge is -2.19. The summed E-state index contributed by atoms with van der Waals surface area (Å²) in [6.07, 6.45) is -4.69. The van der Waals surface area contributed by atoms with Crippen molar-refractivity contribution in [2.75, 3.05) is 7.11 Å². The number of carbonyl (C=O) groups excluding carboxylic acids is 1. The number of hydroxylamine groups is 2. The lowest BCUT2D eigenvalue weighted by molar-refractivity contribution is -0.174. The van der Waals surface area contributed by atoms with Crippen LogP contribution >= 0.6 is 0 Å². The van der Waals surface area contributed by atoms with Gasteiger partial charge >= 0.3 is 12.1 Å². The van der Waals surface area contributed by atoms with E-state index in [1.54, 1.807) is 19.1 Å². The number of hydrogen-bond acceptors (Lipinski definition) is 5. The number of amides is 1. The van der Waals surface area contributed by atoms with E-state index < -0.39 is 12.1 Å². The molecule has 0 aliphatic heterocycles. The van der Waals surface area contributed by atoms with Crippen LogP contribution in [0, 0.1) is 0 Å². The van der Waals surface area contributed by atoms with Crippen molar-refractivity contribution in [1.82, 2.24) is 15.2 Å². The van der Waals surface area contributed by atoms with E-state index in [9.17, 15) is 18.0 Å². The molecule has 0 aliphatic carbocycles. The first-order valence-corrected chi connectivity index (χ1v) is 6.74. The van der Waals surface area contributed by atoms with Crippen molar-refractivity contribution in [2.24, 2.45) is 0 Å². The van der Waals surface area contributed by atoms with Crippen molar-refractivity contribution in [2.45, 2.75) is 19.6 Å². The molecule has 0 saturated carbocycles. The summed E-state index contributed by atoms with van der Waals surface area (Å²) in [4.78, 5) is 20.1. The molecule has 0 radical (unpaired) electrons. The highest BCUT2D eigenvalue weighted by Crippen LogP contribution is 2.29. The SMILES string of the molecule is C=C(C)C(=O)N(Cc1ccc(-c2noc(C(F)(F)F)n2)cc1)OC. The zero-order valence-electron chi connectivity index (χ0n) is 12.9. The maximum atomic E-state index is 12.4. The molecule has 2 aromatic rings. The normalized spacial score (nSPS) is 11.4. The molecule has 24 heavy (non-hydrogen) atoms. The maximum absolute atomic E-state index is 12.4. The second kappa shape index (κ2) is 6.83. The van der Waals surface area contributed by atoms with Gasteiger partial charge in [0.25, 0.3) is 5.91 Å². The summed E-state index contributed by atoms with van der Waals surface area (Å²) in [6.45, 7) is 5.27. The number of rotatable bonds is 5. The van der Waals surface area contributed by atoms with E-state index in [1.165, 1.54) is 19.2 Å². The van der Waals surface area contributed by atoms with Gasteiger partial charge in [-0.05, 0) is 12.5 Å². The summed E-state index contributed by atoms with van der Waals surface area (Å²) >= 11 is 0. The van der Waals surface area contributed by atoms with Gasteiger partial charge in [-0.1, -0.05) is 36.0 Å². The summed E-state index contributed by atoms with van der Waals surface area (Å²) in [7, 11) is 1.35. The quantitative estimate of drug-likeness (QED) is 0.617. The smallest absolute Gasteiger partial charge is 0.329 e. The molecule has 0 saturated heterocycles. The van der Waals surface area contributed by atoms with Crippen LogP contribution in [0.4, 0.5) is 13.2 Å². The molecule has 1 amide bonds. The van der Waals surface area contributed by atoms with Gasteiger partial charge in [-0.2, -0.15) is 18.2 Å². The fourth-order valence-corrected chi connectivity index (χ4v) is 1.81. The van der Waals surface area contributed by atoms with Gasteiger partial charge in [-0.25, -0.2) is 5.06 Å².